The molecular formula is C15H15N3O2. The van der Waals surface area contributed by atoms with E-state index >= 15 is 0 Å². The molecule has 1 aromatic rings. The van der Waals surface area contributed by atoms with Gasteiger partial charge < -0.3 is 4.98 Å². The molecule has 4 aliphatic rings. The molecule has 102 valence electrons. The van der Waals surface area contributed by atoms with Gasteiger partial charge in [0.1, 0.15) is 0 Å². The molecule has 0 aromatic carbocycles. The van der Waals surface area contributed by atoms with Crippen molar-refractivity contribution in [3.8, 4) is 0 Å². The molecule has 0 spiro atoms. The van der Waals surface area contributed by atoms with Crippen molar-refractivity contribution in [3.63, 3.8) is 0 Å². The number of hydrazone groups is 1. The Morgan fingerprint density at radius 3 is 2.30 bits per heavy atom. The molecule has 2 heterocycles. The fourth-order valence-electron chi connectivity index (χ4n) is 3.72. The Balaban J connectivity index is 1.64. The van der Waals surface area contributed by atoms with E-state index < -0.39 is 0 Å². The molecule has 1 aliphatic heterocycles. The van der Waals surface area contributed by atoms with Crippen molar-refractivity contribution >= 4 is 18.0 Å². The molecule has 1 saturated heterocycles. The molecule has 5 rings (SSSR count). The Bertz CT molecular complexity index is 585. The second kappa shape index (κ2) is 4.16. The average molecular weight is 269 g/mol. The molecule has 5 heteroatoms. The predicted octanol–water partition coefficient (Wildman–Crippen LogP) is 1.55. The Hall–Kier alpha value is -2.17. The predicted molar refractivity (Wildman–Crippen MR) is 72.6 cm³/mol. The van der Waals surface area contributed by atoms with Crippen LogP contribution in [0.2, 0.25) is 0 Å². The van der Waals surface area contributed by atoms with Crippen LogP contribution in [-0.2, 0) is 9.59 Å². The summed E-state index contributed by atoms with van der Waals surface area (Å²) >= 11 is 0. The van der Waals surface area contributed by atoms with Crippen LogP contribution in [0.3, 0.4) is 0 Å². The molecule has 2 bridgehead atoms. The number of carbonyl (C=O) groups is 2. The number of imide groups is 1. The maximum atomic E-state index is 12.4. The van der Waals surface area contributed by atoms with Crippen LogP contribution >= 0.6 is 0 Å². The topological polar surface area (TPSA) is 65.5 Å². The summed E-state index contributed by atoms with van der Waals surface area (Å²) in [4.78, 5) is 27.9. The van der Waals surface area contributed by atoms with Crippen LogP contribution in [0.1, 0.15) is 18.5 Å². The van der Waals surface area contributed by atoms with E-state index in [4.69, 9.17) is 0 Å². The van der Waals surface area contributed by atoms with Crippen molar-refractivity contribution in [3.05, 3.63) is 36.2 Å². The summed E-state index contributed by atoms with van der Waals surface area (Å²) in [5, 5.41) is 5.18. The van der Waals surface area contributed by atoms with Crippen LogP contribution in [0.5, 0.6) is 0 Å². The fraction of sp³-hybridized carbons (Fsp3) is 0.400. The van der Waals surface area contributed by atoms with Gasteiger partial charge in [0.15, 0.2) is 0 Å². The maximum absolute atomic E-state index is 12.4. The third kappa shape index (κ3) is 1.52. The first-order valence-corrected chi connectivity index (χ1v) is 6.99. The van der Waals surface area contributed by atoms with Gasteiger partial charge in [-0.25, -0.2) is 0 Å². The average Bonchev–Trinajstić information content (AvgIpc) is 3.08. The van der Waals surface area contributed by atoms with Gasteiger partial charge in [0.05, 0.1) is 23.7 Å². The van der Waals surface area contributed by atoms with Crippen molar-refractivity contribution < 1.29 is 9.59 Å². The third-order valence-electron chi connectivity index (χ3n) is 4.67. The number of rotatable bonds is 2. The Labute approximate surface area is 116 Å². The minimum Gasteiger partial charge on any atom is -0.360 e. The molecule has 2 fully saturated rings. The van der Waals surface area contributed by atoms with Crippen LogP contribution in [-0.4, -0.2) is 28.0 Å². The zero-order chi connectivity index (χ0) is 13.7. The first-order valence-electron chi connectivity index (χ1n) is 6.99. The summed E-state index contributed by atoms with van der Waals surface area (Å²) in [6, 6.07) is 3.69. The van der Waals surface area contributed by atoms with Gasteiger partial charge in [0, 0.05) is 6.20 Å². The molecule has 0 radical (unpaired) electrons. The van der Waals surface area contributed by atoms with Crippen LogP contribution in [0, 0.1) is 23.7 Å². The number of amides is 2. The lowest BCUT2D eigenvalue weighted by Crippen LogP contribution is -2.38. The molecule has 1 aromatic heterocycles. The number of carbonyl (C=O) groups excluding carboxylic acids is 2. The SMILES string of the molecule is O=C1[C@@H]2[C@H](C(=O)N1/N=C\c1ccc[nH]1)[C@H]1C=C[C@H]2CC1. The molecule has 1 N–H and O–H groups in total. The van der Waals surface area contributed by atoms with Gasteiger partial charge in [0.2, 0.25) is 0 Å². The summed E-state index contributed by atoms with van der Waals surface area (Å²) in [6.45, 7) is 0. The highest BCUT2D eigenvalue weighted by Gasteiger charge is 2.56. The van der Waals surface area contributed by atoms with Gasteiger partial charge in [0.25, 0.3) is 11.8 Å². The van der Waals surface area contributed by atoms with Crippen LogP contribution in [0.25, 0.3) is 0 Å². The zero-order valence-electron chi connectivity index (χ0n) is 10.9. The number of nitrogens with zero attached hydrogens (tertiary/aromatic N) is 2. The highest BCUT2D eigenvalue weighted by molar-refractivity contribution is 6.06. The standard InChI is InChI=1S/C15H15N3O2/c19-14-12-9-3-4-10(6-5-9)13(12)15(20)18(14)17-8-11-2-1-7-16-11/h1-4,7-10,12-13,16H,5-6H2/b17-8-/t9-,10-,12-,13+/m0/s1. The van der Waals surface area contributed by atoms with E-state index in [9.17, 15) is 9.59 Å². The number of hydrogen-bond acceptors (Lipinski definition) is 3. The molecule has 0 unspecified atom stereocenters. The summed E-state index contributed by atoms with van der Waals surface area (Å²) in [5.41, 5.74) is 0.779. The first-order chi connectivity index (χ1) is 9.75. The Morgan fingerprint density at radius 1 is 1.15 bits per heavy atom. The van der Waals surface area contributed by atoms with Gasteiger partial charge in [-0.15, -0.1) is 0 Å². The smallest absolute Gasteiger partial charge is 0.254 e. The number of hydrogen-bond donors (Lipinski definition) is 1. The van der Waals surface area contributed by atoms with Crippen molar-refractivity contribution in [1.29, 1.82) is 0 Å². The highest BCUT2D eigenvalue weighted by atomic mass is 16.2. The third-order valence-corrected chi connectivity index (χ3v) is 4.67. The van der Waals surface area contributed by atoms with Crippen LogP contribution in [0.4, 0.5) is 0 Å². The Kier molecular flexibility index (Phi) is 2.42. The van der Waals surface area contributed by atoms with Gasteiger partial charge >= 0.3 is 0 Å². The number of fused-ring (bicyclic) bond motifs is 1. The van der Waals surface area contributed by atoms with Crippen molar-refractivity contribution in [2.24, 2.45) is 28.8 Å². The van der Waals surface area contributed by atoms with Crippen molar-refractivity contribution in [2.75, 3.05) is 0 Å². The van der Waals surface area contributed by atoms with Gasteiger partial charge in [-0.3, -0.25) is 9.59 Å². The fourth-order valence-corrected chi connectivity index (χ4v) is 3.72. The summed E-state index contributed by atoms with van der Waals surface area (Å²) in [5.74, 6) is -0.220. The summed E-state index contributed by atoms with van der Waals surface area (Å²) in [7, 11) is 0. The van der Waals surface area contributed by atoms with Gasteiger partial charge in [-0.1, -0.05) is 12.2 Å². The molecule has 2 amide bonds. The lowest BCUT2D eigenvalue weighted by Gasteiger charge is -2.37. The largest absolute Gasteiger partial charge is 0.360 e. The molecule has 5 nitrogen and oxygen atoms in total. The monoisotopic (exact) mass is 269 g/mol. The quantitative estimate of drug-likeness (QED) is 0.503. The van der Waals surface area contributed by atoms with Crippen molar-refractivity contribution in [2.45, 2.75) is 12.8 Å². The van der Waals surface area contributed by atoms with E-state index in [-0.39, 0.29) is 35.5 Å². The van der Waals surface area contributed by atoms with E-state index in [0.717, 1.165) is 23.5 Å². The lowest BCUT2D eigenvalue weighted by atomic mass is 9.63. The second-order valence-electron chi connectivity index (χ2n) is 5.70. The van der Waals surface area contributed by atoms with Crippen molar-refractivity contribution in [1.82, 2.24) is 9.99 Å². The van der Waals surface area contributed by atoms with E-state index in [1.54, 1.807) is 6.20 Å². The Morgan fingerprint density at radius 2 is 1.80 bits per heavy atom. The number of H-pyrrole nitrogens is 1. The number of allylic oxidation sites excluding steroid dienone is 2. The number of nitrogens with one attached hydrogen (secondary N) is 1. The normalized spacial score (nSPS) is 35.3. The van der Waals surface area contributed by atoms with E-state index in [2.05, 4.69) is 22.2 Å². The van der Waals surface area contributed by atoms with Crippen LogP contribution < -0.4 is 0 Å². The van der Waals surface area contributed by atoms with Gasteiger partial charge in [-0.05, 0) is 36.8 Å². The zero-order valence-corrected chi connectivity index (χ0v) is 10.9. The molecule has 1 saturated carbocycles. The van der Waals surface area contributed by atoms with E-state index in [0.29, 0.717) is 0 Å². The summed E-state index contributed by atoms with van der Waals surface area (Å²) < 4.78 is 0. The molecule has 4 atom stereocenters. The first kappa shape index (κ1) is 11.6. The lowest BCUT2D eigenvalue weighted by molar-refractivity contribution is -0.140. The van der Waals surface area contributed by atoms with E-state index in [1.807, 2.05) is 12.1 Å². The number of aromatic amines is 1. The maximum Gasteiger partial charge on any atom is 0.254 e. The molecule has 3 aliphatic carbocycles. The highest BCUT2D eigenvalue weighted by Crippen LogP contribution is 2.49. The second-order valence-corrected chi connectivity index (χ2v) is 5.70. The van der Waals surface area contributed by atoms with E-state index in [1.165, 1.54) is 6.21 Å². The molecular weight excluding hydrogens is 254 g/mol. The van der Waals surface area contributed by atoms with Crippen LogP contribution in [0.15, 0.2) is 35.6 Å². The minimum atomic E-state index is -0.188. The summed E-state index contributed by atoms with van der Waals surface area (Å²) in [6.07, 6.45) is 9.55. The van der Waals surface area contributed by atoms with Gasteiger partial charge in [-0.2, -0.15) is 10.1 Å². The molecule has 20 heavy (non-hydrogen) atoms. The minimum absolute atomic E-state index is 0.137. The number of aromatic nitrogens is 1.